The summed E-state index contributed by atoms with van der Waals surface area (Å²) >= 11 is 1.45. The molecule has 0 bridgehead atoms. The maximum atomic E-state index is 13.2. The van der Waals surface area contributed by atoms with E-state index in [9.17, 15) is 4.79 Å². The number of anilines is 2. The largest absolute Gasteiger partial charge is 0.494 e. The van der Waals surface area contributed by atoms with Crippen LogP contribution in [0.3, 0.4) is 0 Å². The Hall–Kier alpha value is -3.19. The van der Waals surface area contributed by atoms with E-state index < -0.39 is 0 Å². The normalized spacial score (nSPS) is 10.9. The van der Waals surface area contributed by atoms with Gasteiger partial charge in [0.2, 0.25) is 5.76 Å². The lowest BCUT2D eigenvalue weighted by atomic mass is 10.2. The third-order valence-electron chi connectivity index (χ3n) is 3.92. The molecule has 4 rings (SSSR count). The van der Waals surface area contributed by atoms with Gasteiger partial charge in [-0.05, 0) is 50.2 Å². The first kappa shape index (κ1) is 17.2. The van der Waals surface area contributed by atoms with Crippen LogP contribution in [-0.4, -0.2) is 22.7 Å². The molecule has 0 saturated heterocycles. The van der Waals surface area contributed by atoms with Crippen LogP contribution < -0.4 is 9.64 Å². The van der Waals surface area contributed by atoms with Gasteiger partial charge in [-0.2, -0.15) is 0 Å². The molecule has 0 radical (unpaired) electrons. The van der Waals surface area contributed by atoms with E-state index in [0.29, 0.717) is 23.1 Å². The molecule has 6 nitrogen and oxygen atoms in total. The summed E-state index contributed by atoms with van der Waals surface area (Å²) < 4.78 is 11.7. The van der Waals surface area contributed by atoms with E-state index in [1.165, 1.54) is 11.3 Å². The van der Waals surface area contributed by atoms with Crippen molar-refractivity contribution in [1.29, 1.82) is 0 Å². The number of amides is 1. The number of aromatic nitrogens is 2. The average Bonchev–Trinajstić information content (AvgIpc) is 3.29. The lowest BCUT2D eigenvalue weighted by molar-refractivity contribution is 0.0964. The van der Waals surface area contributed by atoms with Gasteiger partial charge >= 0.3 is 5.91 Å². The van der Waals surface area contributed by atoms with Crippen LogP contribution in [-0.2, 0) is 0 Å². The Labute approximate surface area is 160 Å². The van der Waals surface area contributed by atoms with Gasteiger partial charge in [0.1, 0.15) is 5.75 Å². The molecule has 0 spiro atoms. The van der Waals surface area contributed by atoms with Gasteiger partial charge in [-0.25, -0.2) is 9.88 Å². The minimum absolute atomic E-state index is 0.167. The summed E-state index contributed by atoms with van der Waals surface area (Å²) in [7, 11) is 0. The van der Waals surface area contributed by atoms with E-state index in [1.54, 1.807) is 17.9 Å². The molecule has 0 aliphatic rings. The van der Waals surface area contributed by atoms with Crippen molar-refractivity contribution in [3.63, 3.8) is 0 Å². The van der Waals surface area contributed by atoms with Crippen molar-refractivity contribution in [2.24, 2.45) is 0 Å². The molecule has 7 heteroatoms. The summed E-state index contributed by atoms with van der Waals surface area (Å²) in [5, 5.41) is 4.40. The first-order chi connectivity index (χ1) is 13.2. The van der Waals surface area contributed by atoms with Crippen LogP contribution >= 0.6 is 11.3 Å². The fourth-order valence-corrected chi connectivity index (χ4v) is 3.69. The summed E-state index contributed by atoms with van der Waals surface area (Å²) in [6.45, 7) is 4.29. The highest BCUT2D eigenvalue weighted by molar-refractivity contribution is 7.22. The van der Waals surface area contributed by atoms with E-state index in [1.807, 2.05) is 55.5 Å². The number of aryl methyl sites for hydroxylation is 1. The molecule has 2 aromatic carbocycles. The highest BCUT2D eigenvalue weighted by atomic mass is 32.1. The number of thiazole rings is 1. The molecule has 2 aromatic heterocycles. The zero-order valence-corrected chi connectivity index (χ0v) is 15.7. The van der Waals surface area contributed by atoms with Crippen LogP contribution in [0.25, 0.3) is 10.2 Å². The van der Waals surface area contributed by atoms with Gasteiger partial charge in [0.15, 0.2) is 5.13 Å². The quantitative estimate of drug-likeness (QED) is 0.490. The molecule has 0 atom stereocenters. The number of rotatable bonds is 5. The average molecular weight is 379 g/mol. The maximum absolute atomic E-state index is 13.2. The van der Waals surface area contributed by atoms with E-state index in [-0.39, 0.29) is 11.7 Å². The zero-order chi connectivity index (χ0) is 18.8. The summed E-state index contributed by atoms with van der Waals surface area (Å²) in [6.07, 6.45) is 0. The number of hydrogen-bond donors (Lipinski definition) is 0. The number of nitrogens with zero attached hydrogens (tertiary/aromatic N) is 3. The second-order valence-corrected chi connectivity index (χ2v) is 6.87. The Morgan fingerprint density at radius 2 is 1.96 bits per heavy atom. The molecular weight excluding hydrogens is 362 g/mol. The molecule has 27 heavy (non-hydrogen) atoms. The smallest absolute Gasteiger partial charge is 0.303 e. The van der Waals surface area contributed by atoms with Gasteiger partial charge in [-0.15, -0.1) is 0 Å². The van der Waals surface area contributed by atoms with Crippen LogP contribution in [0.2, 0.25) is 0 Å². The topological polar surface area (TPSA) is 68.5 Å². The third kappa shape index (κ3) is 3.41. The van der Waals surface area contributed by atoms with Crippen molar-refractivity contribution in [2.45, 2.75) is 13.8 Å². The number of hydrogen-bond acceptors (Lipinski definition) is 6. The second kappa shape index (κ2) is 7.20. The Kier molecular flexibility index (Phi) is 4.60. The first-order valence-electron chi connectivity index (χ1n) is 8.52. The molecule has 0 aliphatic heterocycles. The van der Waals surface area contributed by atoms with Crippen LogP contribution in [0.15, 0.2) is 59.1 Å². The predicted octanol–water partition coefficient (Wildman–Crippen LogP) is 4.97. The standard InChI is InChI=1S/C20H17N3O3S/c1-3-25-15-10-8-14(9-11-15)23(19(24)17-12-13(2)22-26-17)20-21-16-6-4-5-7-18(16)27-20/h4-12H,3H2,1-2H3. The summed E-state index contributed by atoms with van der Waals surface area (Å²) in [4.78, 5) is 19.3. The molecular formula is C20H17N3O3S. The van der Waals surface area contributed by atoms with Crippen molar-refractivity contribution in [1.82, 2.24) is 10.1 Å². The minimum Gasteiger partial charge on any atom is -0.494 e. The van der Waals surface area contributed by atoms with Gasteiger partial charge in [0.05, 0.1) is 28.2 Å². The zero-order valence-electron chi connectivity index (χ0n) is 14.9. The number of ether oxygens (including phenoxy) is 1. The number of para-hydroxylation sites is 1. The minimum atomic E-state index is -0.321. The van der Waals surface area contributed by atoms with Crippen LogP contribution in [0.1, 0.15) is 23.2 Å². The number of carbonyl (C=O) groups is 1. The van der Waals surface area contributed by atoms with Crippen molar-refractivity contribution in [3.8, 4) is 5.75 Å². The predicted molar refractivity (Wildman–Crippen MR) is 105 cm³/mol. The lowest BCUT2D eigenvalue weighted by Gasteiger charge is -2.18. The molecule has 2 heterocycles. The Bertz CT molecular complexity index is 1050. The monoisotopic (exact) mass is 379 g/mol. The molecule has 0 N–H and O–H groups in total. The fraction of sp³-hybridized carbons (Fsp3) is 0.150. The van der Waals surface area contributed by atoms with E-state index in [4.69, 9.17) is 9.26 Å². The van der Waals surface area contributed by atoms with Gasteiger partial charge in [-0.3, -0.25) is 4.79 Å². The van der Waals surface area contributed by atoms with Gasteiger partial charge in [0, 0.05) is 6.07 Å². The Balaban J connectivity index is 1.80. The first-order valence-corrected chi connectivity index (χ1v) is 9.33. The Morgan fingerprint density at radius 3 is 2.63 bits per heavy atom. The number of carbonyl (C=O) groups excluding carboxylic acids is 1. The van der Waals surface area contributed by atoms with Crippen molar-refractivity contribution >= 4 is 38.3 Å². The van der Waals surface area contributed by atoms with Crippen LogP contribution in [0.4, 0.5) is 10.8 Å². The summed E-state index contributed by atoms with van der Waals surface area (Å²) in [5.41, 5.74) is 2.17. The van der Waals surface area contributed by atoms with Crippen LogP contribution in [0, 0.1) is 6.92 Å². The highest BCUT2D eigenvalue weighted by Crippen LogP contribution is 2.35. The van der Waals surface area contributed by atoms with Gasteiger partial charge in [0.25, 0.3) is 0 Å². The maximum Gasteiger partial charge on any atom is 0.303 e. The summed E-state index contributed by atoms with van der Waals surface area (Å²) in [5.74, 6) is 0.591. The third-order valence-corrected chi connectivity index (χ3v) is 4.94. The fourth-order valence-electron chi connectivity index (χ4n) is 2.70. The van der Waals surface area contributed by atoms with E-state index >= 15 is 0 Å². The lowest BCUT2D eigenvalue weighted by Crippen LogP contribution is -2.25. The van der Waals surface area contributed by atoms with Crippen molar-refractivity contribution < 1.29 is 14.1 Å². The molecule has 4 aromatic rings. The summed E-state index contributed by atoms with van der Waals surface area (Å²) in [6, 6.07) is 16.7. The highest BCUT2D eigenvalue weighted by Gasteiger charge is 2.26. The molecule has 136 valence electrons. The van der Waals surface area contributed by atoms with Gasteiger partial charge in [-0.1, -0.05) is 28.6 Å². The van der Waals surface area contributed by atoms with Gasteiger partial charge < -0.3 is 9.26 Å². The van der Waals surface area contributed by atoms with Crippen molar-refractivity contribution in [3.05, 3.63) is 66.1 Å². The SMILES string of the molecule is CCOc1ccc(N(C(=O)c2cc(C)no2)c2nc3ccccc3s2)cc1. The number of benzene rings is 2. The van der Waals surface area contributed by atoms with E-state index in [0.717, 1.165) is 16.0 Å². The number of fused-ring (bicyclic) bond motifs is 1. The van der Waals surface area contributed by atoms with E-state index in [2.05, 4.69) is 10.1 Å². The molecule has 0 unspecified atom stereocenters. The molecule has 0 saturated carbocycles. The molecule has 0 fully saturated rings. The second-order valence-electron chi connectivity index (χ2n) is 5.86. The molecule has 1 amide bonds. The van der Waals surface area contributed by atoms with Crippen molar-refractivity contribution in [2.75, 3.05) is 11.5 Å². The Morgan fingerprint density at radius 1 is 1.19 bits per heavy atom. The van der Waals surface area contributed by atoms with Crippen LogP contribution in [0.5, 0.6) is 5.75 Å². The molecule has 0 aliphatic carbocycles.